The summed E-state index contributed by atoms with van der Waals surface area (Å²) < 4.78 is 8.21. The van der Waals surface area contributed by atoms with Crippen molar-refractivity contribution < 1.29 is 9.53 Å². The van der Waals surface area contributed by atoms with Crippen LogP contribution >= 0.6 is 0 Å². The second-order valence-electron chi connectivity index (χ2n) is 9.76. The number of aryl methyl sites for hydroxylation is 1. The molecule has 2 aliphatic rings. The molecule has 0 bridgehead atoms. The molecule has 174 valence electrons. The van der Waals surface area contributed by atoms with Gasteiger partial charge in [0, 0.05) is 62.9 Å². The molecule has 6 nitrogen and oxygen atoms in total. The van der Waals surface area contributed by atoms with E-state index in [0.29, 0.717) is 23.7 Å². The molecule has 32 heavy (non-hydrogen) atoms. The maximum absolute atomic E-state index is 12.4. The molecule has 2 fully saturated rings. The second-order valence-corrected chi connectivity index (χ2v) is 9.76. The fourth-order valence-corrected chi connectivity index (χ4v) is 5.38. The number of nitrogens with zero attached hydrogens (tertiary/aromatic N) is 4. The minimum absolute atomic E-state index is 0.0876. The van der Waals surface area contributed by atoms with Crippen LogP contribution in [0.3, 0.4) is 0 Å². The largest absolute Gasteiger partial charge is 0.493 e. The highest BCUT2D eigenvalue weighted by Crippen LogP contribution is 2.37. The molecule has 0 unspecified atom stereocenters. The molecule has 0 radical (unpaired) electrons. The van der Waals surface area contributed by atoms with E-state index in [1.807, 2.05) is 55.1 Å². The van der Waals surface area contributed by atoms with Crippen LogP contribution in [0.15, 0.2) is 42.7 Å². The van der Waals surface area contributed by atoms with Crippen LogP contribution in [0.25, 0.3) is 0 Å². The molecule has 2 saturated heterocycles. The highest BCUT2D eigenvalue weighted by Gasteiger charge is 2.40. The zero-order chi connectivity index (χ0) is 22.5. The van der Waals surface area contributed by atoms with Gasteiger partial charge in [-0.15, -0.1) is 0 Å². The first-order chi connectivity index (χ1) is 15.5. The number of amides is 1. The Hall–Kier alpha value is -2.34. The van der Waals surface area contributed by atoms with Crippen LogP contribution < -0.4 is 4.74 Å². The Labute approximate surface area is 192 Å². The summed E-state index contributed by atoms with van der Waals surface area (Å²) in [4.78, 5) is 17.1. The van der Waals surface area contributed by atoms with Gasteiger partial charge in [0.05, 0.1) is 12.8 Å². The van der Waals surface area contributed by atoms with Gasteiger partial charge in [-0.25, -0.2) is 0 Å². The van der Waals surface area contributed by atoms with Crippen molar-refractivity contribution in [1.29, 1.82) is 0 Å². The fraction of sp³-hybridized carbons (Fsp3) is 0.615. The van der Waals surface area contributed by atoms with Gasteiger partial charge in [0.15, 0.2) is 0 Å². The first kappa shape index (κ1) is 22.8. The van der Waals surface area contributed by atoms with Crippen molar-refractivity contribution in [2.45, 2.75) is 46.7 Å². The molecule has 1 aromatic heterocycles. The van der Waals surface area contributed by atoms with E-state index in [0.717, 1.165) is 64.5 Å². The summed E-state index contributed by atoms with van der Waals surface area (Å²) in [6.07, 6.45) is 6.38. The lowest BCUT2D eigenvalue weighted by atomic mass is 9.78. The molecular weight excluding hydrogens is 400 g/mol. The number of carbonyl (C=O) groups excluding carboxylic acids is 1. The summed E-state index contributed by atoms with van der Waals surface area (Å²) in [5.74, 6) is 3.10. The molecule has 0 aliphatic carbocycles. The molecule has 0 saturated carbocycles. The number of likely N-dealkylation sites (tertiary alicyclic amines) is 2. The summed E-state index contributed by atoms with van der Waals surface area (Å²) in [6.45, 7) is 12.7. The molecule has 6 heteroatoms. The van der Waals surface area contributed by atoms with Gasteiger partial charge in [-0.1, -0.05) is 32.0 Å². The number of carbonyl (C=O) groups is 1. The maximum Gasteiger partial charge on any atom is 0.225 e. The highest BCUT2D eigenvalue weighted by molar-refractivity contribution is 5.78. The van der Waals surface area contributed by atoms with Crippen molar-refractivity contribution in [3.05, 3.63) is 48.3 Å². The van der Waals surface area contributed by atoms with Gasteiger partial charge in [0.2, 0.25) is 5.91 Å². The summed E-state index contributed by atoms with van der Waals surface area (Å²) >= 11 is 0. The molecule has 2 aliphatic heterocycles. The minimum Gasteiger partial charge on any atom is -0.493 e. The van der Waals surface area contributed by atoms with E-state index in [1.165, 1.54) is 5.56 Å². The second kappa shape index (κ2) is 10.5. The number of ether oxygens (including phenoxy) is 1. The molecule has 1 aromatic carbocycles. The summed E-state index contributed by atoms with van der Waals surface area (Å²) in [5, 5.41) is 4.45. The van der Waals surface area contributed by atoms with Gasteiger partial charge < -0.3 is 9.64 Å². The van der Waals surface area contributed by atoms with Crippen LogP contribution in [0.4, 0.5) is 0 Å². The third-order valence-corrected chi connectivity index (χ3v) is 7.14. The topological polar surface area (TPSA) is 50.6 Å². The fourth-order valence-electron chi connectivity index (χ4n) is 5.38. The Bertz CT molecular complexity index is 858. The Kier molecular flexibility index (Phi) is 7.51. The van der Waals surface area contributed by atoms with E-state index in [2.05, 4.69) is 28.0 Å². The molecule has 4 rings (SSSR count). The first-order valence-electron chi connectivity index (χ1n) is 12.2. The van der Waals surface area contributed by atoms with Crippen molar-refractivity contribution in [3.63, 3.8) is 0 Å². The Morgan fingerprint density at radius 3 is 2.56 bits per heavy atom. The van der Waals surface area contributed by atoms with E-state index in [9.17, 15) is 4.79 Å². The molecule has 2 aromatic rings. The zero-order valence-electron chi connectivity index (χ0n) is 19.8. The number of piperidine rings is 1. The molecule has 0 N–H and O–H groups in total. The van der Waals surface area contributed by atoms with Gasteiger partial charge in [0.25, 0.3) is 0 Å². The maximum atomic E-state index is 12.4. The van der Waals surface area contributed by atoms with Crippen LogP contribution in [0.5, 0.6) is 5.75 Å². The third-order valence-electron chi connectivity index (χ3n) is 7.14. The monoisotopic (exact) mass is 438 g/mol. The normalized spacial score (nSPS) is 22.6. The first-order valence-corrected chi connectivity index (χ1v) is 12.2. The predicted octanol–water partition coefficient (Wildman–Crippen LogP) is 3.92. The van der Waals surface area contributed by atoms with Gasteiger partial charge >= 0.3 is 0 Å². The smallest absolute Gasteiger partial charge is 0.225 e. The zero-order valence-corrected chi connectivity index (χ0v) is 19.8. The van der Waals surface area contributed by atoms with E-state index < -0.39 is 0 Å². The summed E-state index contributed by atoms with van der Waals surface area (Å²) in [6, 6.07) is 10.2. The van der Waals surface area contributed by atoms with Crippen molar-refractivity contribution in [1.82, 2.24) is 19.6 Å². The number of para-hydroxylation sites is 1. The number of benzene rings is 1. The molecule has 0 spiro atoms. The lowest BCUT2D eigenvalue weighted by molar-refractivity contribution is -0.136. The summed E-state index contributed by atoms with van der Waals surface area (Å²) in [5.41, 5.74) is 1.28. The lowest BCUT2D eigenvalue weighted by Gasteiger charge is -2.37. The standard InChI is InChI=1S/C26H38N4O2/c1-4-30-16-21(14-27-30)15-28-17-23(19-32-24-8-6-5-7-9-24)25(18-28)22-10-12-29(13-11-22)26(31)20(2)3/h5-9,14,16,20,22-23,25H,4,10-13,15,17-19H2,1-3H3/t23-,25-/m0/s1. The van der Waals surface area contributed by atoms with Crippen LogP contribution in [0, 0.1) is 23.7 Å². The highest BCUT2D eigenvalue weighted by atomic mass is 16.5. The van der Waals surface area contributed by atoms with E-state index in [1.54, 1.807) is 0 Å². The number of hydrogen-bond donors (Lipinski definition) is 0. The average molecular weight is 439 g/mol. The number of aromatic nitrogens is 2. The Morgan fingerprint density at radius 1 is 1.16 bits per heavy atom. The van der Waals surface area contributed by atoms with E-state index in [4.69, 9.17) is 4.74 Å². The Morgan fingerprint density at radius 2 is 1.91 bits per heavy atom. The SMILES string of the molecule is CCn1cc(CN2C[C@@H](COc3ccccc3)[C@H](C3CCN(C(=O)C(C)C)CC3)C2)cn1. The predicted molar refractivity (Wildman–Crippen MR) is 126 cm³/mol. The molecular formula is C26H38N4O2. The average Bonchev–Trinajstić information content (AvgIpc) is 3.44. The van der Waals surface area contributed by atoms with Crippen LogP contribution in [-0.2, 0) is 17.9 Å². The van der Waals surface area contributed by atoms with Crippen LogP contribution in [0.2, 0.25) is 0 Å². The van der Waals surface area contributed by atoms with Crippen LogP contribution in [0.1, 0.15) is 39.2 Å². The van der Waals surface area contributed by atoms with Gasteiger partial charge in [-0.2, -0.15) is 5.10 Å². The number of hydrogen-bond acceptors (Lipinski definition) is 4. The number of rotatable bonds is 8. The van der Waals surface area contributed by atoms with E-state index in [-0.39, 0.29) is 5.92 Å². The van der Waals surface area contributed by atoms with Crippen molar-refractivity contribution in [2.75, 3.05) is 32.8 Å². The van der Waals surface area contributed by atoms with Gasteiger partial charge in [-0.3, -0.25) is 14.4 Å². The minimum atomic E-state index is 0.0876. The van der Waals surface area contributed by atoms with Gasteiger partial charge in [-0.05, 0) is 43.7 Å². The Balaban J connectivity index is 1.40. The van der Waals surface area contributed by atoms with Gasteiger partial charge in [0.1, 0.15) is 5.75 Å². The van der Waals surface area contributed by atoms with Crippen molar-refractivity contribution >= 4 is 5.91 Å². The molecule has 2 atom stereocenters. The molecule has 3 heterocycles. The van der Waals surface area contributed by atoms with E-state index >= 15 is 0 Å². The van der Waals surface area contributed by atoms with Crippen molar-refractivity contribution in [3.8, 4) is 5.75 Å². The van der Waals surface area contributed by atoms with Crippen molar-refractivity contribution in [2.24, 2.45) is 23.7 Å². The lowest BCUT2D eigenvalue weighted by Crippen LogP contribution is -2.43. The summed E-state index contributed by atoms with van der Waals surface area (Å²) in [7, 11) is 0. The molecule has 1 amide bonds. The quantitative estimate of drug-likeness (QED) is 0.627. The van der Waals surface area contributed by atoms with Crippen LogP contribution in [-0.4, -0.2) is 58.3 Å². The third kappa shape index (κ3) is 5.52.